The summed E-state index contributed by atoms with van der Waals surface area (Å²) in [5.41, 5.74) is 2.45. The number of hydrogen-bond donors (Lipinski definition) is 1. The molecule has 7 heteroatoms. The molecule has 0 radical (unpaired) electrons. The summed E-state index contributed by atoms with van der Waals surface area (Å²) >= 11 is 0. The average molecular weight is 543 g/mol. The van der Waals surface area contributed by atoms with E-state index >= 15 is 0 Å². The van der Waals surface area contributed by atoms with Crippen molar-refractivity contribution in [3.05, 3.63) is 126 Å². The molecule has 0 spiro atoms. The van der Waals surface area contributed by atoms with Crippen LogP contribution in [0.1, 0.15) is 37.3 Å². The standard InChI is InChI=1S/C32H34N2O4S/c1-2-3-19-31(32(35)33-28-20-22-29(23-21-28)38-25-27-15-9-5-10-16-27)34(24-26-13-7-4-8-14-26)39(36,37)30-17-11-6-12-18-30/h4-18,20-23,31H,2-3,19,24-25H2,1H3,(H,33,35). The smallest absolute Gasteiger partial charge is 0.244 e. The molecule has 4 rings (SSSR count). The van der Waals surface area contributed by atoms with Gasteiger partial charge in [-0.2, -0.15) is 4.31 Å². The van der Waals surface area contributed by atoms with E-state index in [4.69, 9.17) is 4.74 Å². The van der Waals surface area contributed by atoms with Gasteiger partial charge in [0.25, 0.3) is 0 Å². The van der Waals surface area contributed by atoms with Crippen LogP contribution in [-0.4, -0.2) is 24.7 Å². The predicted octanol–water partition coefficient (Wildman–Crippen LogP) is 6.65. The van der Waals surface area contributed by atoms with E-state index in [1.165, 1.54) is 4.31 Å². The van der Waals surface area contributed by atoms with Gasteiger partial charge in [0.2, 0.25) is 15.9 Å². The maximum atomic E-state index is 13.9. The van der Waals surface area contributed by atoms with Crippen molar-refractivity contribution in [2.75, 3.05) is 5.32 Å². The Balaban J connectivity index is 1.55. The monoisotopic (exact) mass is 542 g/mol. The Morgan fingerprint density at radius 3 is 1.95 bits per heavy atom. The van der Waals surface area contributed by atoms with Crippen LogP contribution >= 0.6 is 0 Å². The number of carbonyl (C=O) groups is 1. The van der Waals surface area contributed by atoms with Gasteiger partial charge in [0.1, 0.15) is 18.4 Å². The third-order valence-corrected chi connectivity index (χ3v) is 8.25. The summed E-state index contributed by atoms with van der Waals surface area (Å²) in [6.45, 7) is 2.56. The van der Waals surface area contributed by atoms with Crippen LogP contribution in [0.3, 0.4) is 0 Å². The lowest BCUT2D eigenvalue weighted by Gasteiger charge is -2.30. The van der Waals surface area contributed by atoms with Crippen LogP contribution in [0.5, 0.6) is 5.75 Å². The lowest BCUT2D eigenvalue weighted by Crippen LogP contribution is -2.46. The van der Waals surface area contributed by atoms with E-state index in [-0.39, 0.29) is 17.3 Å². The van der Waals surface area contributed by atoms with Gasteiger partial charge >= 0.3 is 0 Å². The molecule has 0 aliphatic heterocycles. The van der Waals surface area contributed by atoms with E-state index in [1.54, 1.807) is 54.6 Å². The van der Waals surface area contributed by atoms with E-state index in [9.17, 15) is 13.2 Å². The molecular weight excluding hydrogens is 508 g/mol. The van der Waals surface area contributed by atoms with Crippen molar-refractivity contribution >= 4 is 21.6 Å². The minimum absolute atomic E-state index is 0.0894. The summed E-state index contributed by atoms with van der Waals surface area (Å²) in [7, 11) is -3.95. The maximum Gasteiger partial charge on any atom is 0.244 e. The molecule has 0 bridgehead atoms. The van der Waals surface area contributed by atoms with Crippen molar-refractivity contribution in [2.45, 2.75) is 50.3 Å². The zero-order chi connectivity index (χ0) is 27.5. The Labute approximate surface area is 231 Å². The summed E-state index contributed by atoms with van der Waals surface area (Å²) in [5.74, 6) is 0.314. The SMILES string of the molecule is CCCCC(C(=O)Nc1ccc(OCc2ccccc2)cc1)N(Cc1ccccc1)S(=O)(=O)c1ccccc1. The molecule has 4 aromatic rings. The molecule has 4 aromatic carbocycles. The number of ether oxygens (including phenoxy) is 1. The molecule has 39 heavy (non-hydrogen) atoms. The second-order valence-electron chi connectivity index (χ2n) is 9.29. The highest BCUT2D eigenvalue weighted by atomic mass is 32.2. The highest BCUT2D eigenvalue weighted by Gasteiger charge is 2.35. The van der Waals surface area contributed by atoms with Crippen molar-refractivity contribution in [3.63, 3.8) is 0 Å². The Morgan fingerprint density at radius 1 is 0.795 bits per heavy atom. The number of nitrogens with zero attached hydrogens (tertiary/aromatic N) is 1. The number of nitrogens with one attached hydrogen (secondary N) is 1. The van der Waals surface area contributed by atoms with Crippen molar-refractivity contribution < 1.29 is 17.9 Å². The van der Waals surface area contributed by atoms with E-state index in [0.29, 0.717) is 30.9 Å². The molecule has 0 aromatic heterocycles. The van der Waals surface area contributed by atoms with Gasteiger partial charge in [-0.3, -0.25) is 4.79 Å². The Morgan fingerprint density at radius 2 is 1.36 bits per heavy atom. The van der Waals surface area contributed by atoms with Gasteiger partial charge in [0.15, 0.2) is 0 Å². The average Bonchev–Trinajstić information content (AvgIpc) is 2.98. The van der Waals surface area contributed by atoms with Crippen molar-refractivity contribution in [3.8, 4) is 5.75 Å². The second kappa shape index (κ2) is 13.7. The third-order valence-electron chi connectivity index (χ3n) is 6.38. The Bertz CT molecular complexity index is 1410. The number of unbranched alkanes of at least 4 members (excludes halogenated alkanes) is 1. The number of sulfonamides is 1. The fourth-order valence-corrected chi connectivity index (χ4v) is 5.89. The molecule has 0 saturated carbocycles. The summed E-state index contributed by atoms with van der Waals surface area (Å²) in [4.78, 5) is 13.8. The number of amides is 1. The van der Waals surface area contributed by atoms with Gasteiger partial charge in [-0.25, -0.2) is 8.42 Å². The molecule has 1 unspecified atom stereocenters. The largest absolute Gasteiger partial charge is 0.489 e. The Hall–Kier alpha value is -3.94. The van der Waals surface area contributed by atoms with Crippen molar-refractivity contribution in [1.29, 1.82) is 0 Å². The minimum Gasteiger partial charge on any atom is -0.489 e. The van der Waals surface area contributed by atoms with Crippen LogP contribution < -0.4 is 10.1 Å². The predicted molar refractivity (Wildman–Crippen MR) is 155 cm³/mol. The van der Waals surface area contributed by atoms with Gasteiger partial charge in [-0.05, 0) is 53.9 Å². The second-order valence-corrected chi connectivity index (χ2v) is 11.2. The first-order valence-electron chi connectivity index (χ1n) is 13.2. The lowest BCUT2D eigenvalue weighted by molar-refractivity contribution is -0.120. The fourth-order valence-electron chi connectivity index (χ4n) is 4.26. The zero-order valence-corrected chi connectivity index (χ0v) is 22.9. The molecule has 1 amide bonds. The quantitative estimate of drug-likeness (QED) is 0.205. The zero-order valence-electron chi connectivity index (χ0n) is 22.1. The summed E-state index contributed by atoms with van der Waals surface area (Å²) in [6, 6.07) is 33.8. The molecule has 1 N–H and O–H groups in total. The summed E-state index contributed by atoms with van der Waals surface area (Å²) < 4.78 is 34.9. The van der Waals surface area contributed by atoms with Crippen LogP contribution in [0, 0.1) is 0 Å². The van der Waals surface area contributed by atoms with Crippen LogP contribution in [-0.2, 0) is 28.0 Å². The molecule has 0 aliphatic carbocycles. The Kier molecular flexibility index (Phi) is 9.89. The number of benzene rings is 4. The number of carbonyl (C=O) groups excluding carboxylic acids is 1. The van der Waals surface area contributed by atoms with E-state index in [2.05, 4.69) is 5.32 Å². The highest BCUT2D eigenvalue weighted by Crippen LogP contribution is 2.25. The number of anilines is 1. The molecule has 6 nitrogen and oxygen atoms in total. The van der Waals surface area contributed by atoms with Gasteiger partial charge in [0, 0.05) is 12.2 Å². The molecule has 0 heterocycles. The van der Waals surface area contributed by atoms with Crippen molar-refractivity contribution in [1.82, 2.24) is 4.31 Å². The highest BCUT2D eigenvalue weighted by molar-refractivity contribution is 7.89. The van der Waals surface area contributed by atoms with E-state index in [1.807, 2.05) is 67.6 Å². The third kappa shape index (κ3) is 7.78. The van der Waals surface area contributed by atoms with Gasteiger partial charge < -0.3 is 10.1 Å². The first-order valence-corrected chi connectivity index (χ1v) is 14.6. The van der Waals surface area contributed by atoms with Crippen LogP contribution in [0.2, 0.25) is 0 Å². The minimum atomic E-state index is -3.95. The van der Waals surface area contributed by atoms with Crippen molar-refractivity contribution in [2.24, 2.45) is 0 Å². The maximum absolute atomic E-state index is 13.9. The van der Waals surface area contributed by atoms with Gasteiger partial charge in [-0.1, -0.05) is 98.6 Å². The topological polar surface area (TPSA) is 75.7 Å². The lowest BCUT2D eigenvalue weighted by atomic mass is 10.1. The molecule has 202 valence electrons. The fraction of sp³-hybridized carbons (Fsp3) is 0.219. The normalized spacial score (nSPS) is 12.2. The summed E-state index contributed by atoms with van der Waals surface area (Å²) in [5, 5.41) is 2.94. The summed E-state index contributed by atoms with van der Waals surface area (Å²) in [6.07, 6.45) is 1.95. The molecule has 1 atom stereocenters. The number of hydrogen-bond acceptors (Lipinski definition) is 4. The van der Waals surface area contributed by atoms with Crippen LogP contribution in [0.25, 0.3) is 0 Å². The van der Waals surface area contributed by atoms with Crippen LogP contribution in [0.4, 0.5) is 5.69 Å². The first-order chi connectivity index (χ1) is 19.0. The number of rotatable bonds is 13. The molecule has 0 saturated heterocycles. The van der Waals surface area contributed by atoms with E-state index < -0.39 is 16.1 Å². The molecule has 0 aliphatic rings. The molecular formula is C32H34N2O4S. The van der Waals surface area contributed by atoms with Gasteiger partial charge in [0.05, 0.1) is 4.90 Å². The first kappa shape index (κ1) is 28.1. The van der Waals surface area contributed by atoms with Crippen LogP contribution in [0.15, 0.2) is 120 Å². The molecule has 0 fully saturated rings. The van der Waals surface area contributed by atoms with Gasteiger partial charge in [-0.15, -0.1) is 0 Å². The van der Waals surface area contributed by atoms with E-state index in [0.717, 1.165) is 17.5 Å².